The molecule has 1 aromatic heterocycles. The fourth-order valence-electron chi connectivity index (χ4n) is 2.37. The van der Waals surface area contributed by atoms with Crippen molar-refractivity contribution in [2.24, 2.45) is 0 Å². The van der Waals surface area contributed by atoms with E-state index < -0.39 is 12.0 Å². The Hall–Kier alpha value is -3.81. The number of carboxylic acids is 1. The van der Waals surface area contributed by atoms with Crippen LogP contribution < -0.4 is 15.4 Å². The van der Waals surface area contributed by atoms with Crippen LogP contribution in [0.1, 0.15) is 36.9 Å². The van der Waals surface area contributed by atoms with Gasteiger partial charge >= 0.3 is 12.0 Å². The van der Waals surface area contributed by atoms with Crippen molar-refractivity contribution >= 4 is 23.5 Å². The van der Waals surface area contributed by atoms with Gasteiger partial charge in [-0.05, 0) is 48.5 Å². The van der Waals surface area contributed by atoms with E-state index in [2.05, 4.69) is 15.8 Å². The number of nitrogens with zero attached hydrogens (tertiary/aromatic N) is 1. The third-order valence-corrected chi connectivity index (χ3v) is 3.94. The summed E-state index contributed by atoms with van der Waals surface area (Å²) in [5.41, 5.74) is 0.549. The van der Waals surface area contributed by atoms with Gasteiger partial charge in [0.15, 0.2) is 5.82 Å². The highest BCUT2D eigenvalue weighted by molar-refractivity contribution is 5.99. The molecule has 0 fully saturated rings. The van der Waals surface area contributed by atoms with E-state index in [1.165, 1.54) is 12.1 Å². The second-order valence-corrected chi connectivity index (χ2v) is 7.36. The zero-order valence-electron chi connectivity index (χ0n) is 16.2. The summed E-state index contributed by atoms with van der Waals surface area (Å²) in [6.45, 7) is 5.96. The largest absolute Gasteiger partial charge is 0.478 e. The molecule has 0 unspecified atom stereocenters. The van der Waals surface area contributed by atoms with Crippen molar-refractivity contribution in [1.82, 2.24) is 5.16 Å². The van der Waals surface area contributed by atoms with Gasteiger partial charge in [-0.1, -0.05) is 25.9 Å². The van der Waals surface area contributed by atoms with Crippen LogP contribution in [-0.2, 0) is 5.41 Å². The Morgan fingerprint density at radius 3 is 2.07 bits per heavy atom. The van der Waals surface area contributed by atoms with Gasteiger partial charge in [-0.3, -0.25) is 5.32 Å². The number of carbonyl (C=O) groups is 2. The molecule has 0 atom stereocenters. The lowest BCUT2D eigenvalue weighted by molar-refractivity contribution is 0.0697. The summed E-state index contributed by atoms with van der Waals surface area (Å²) in [6, 6.07) is 14.1. The van der Waals surface area contributed by atoms with Crippen LogP contribution in [-0.4, -0.2) is 22.3 Å². The lowest BCUT2D eigenvalue weighted by atomic mass is 9.93. The highest BCUT2D eigenvalue weighted by Gasteiger charge is 2.20. The van der Waals surface area contributed by atoms with E-state index in [9.17, 15) is 9.59 Å². The first kappa shape index (κ1) is 19.9. The van der Waals surface area contributed by atoms with Gasteiger partial charge in [0.1, 0.15) is 17.3 Å². The summed E-state index contributed by atoms with van der Waals surface area (Å²) in [4.78, 5) is 23.0. The van der Waals surface area contributed by atoms with Crippen LogP contribution in [0.15, 0.2) is 59.1 Å². The van der Waals surface area contributed by atoms with Gasteiger partial charge in [0.25, 0.3) is 0 Å². The van der Waals surface area contributed by atoms with Crippen molar-refractivity contribution in [1.29, 1.82) is 0 Å². The number of anilines is 2. The zero-order valence-corrected chi connectivity index (χ0v) is 16.2. The Labute approximate surface area is 167 Å². The SMILES string of the molecule is CC(C)(C)c1cc(NC(=O)Nc2ccc(Oc3ccc(C(=O)O)cc3)cc2)no1. The van der Waals surface area contributed by atoms with Crippen LogP contribution >= 0.6 is 0 Å². The van der Waals surface area contributed by atoms with Crippen LogP contribution in [0.25, 0.3) is 0 Å². The summed E-state index contributed by atoms with van der Waals surface area (Å²) >= 11 is 0. The van der Waals surface area contributed by atoms with Crippen LogP contribution in [0.4, 0.5) is 16.3 Å². The number of hydrogen-bond donors (Lipinski definition) is 3. The average molecular weight is 395 g/mol. The molecule has 0 spiro atoms. The quantitative estimate of drug-likeness (QED) is 0.553. The van der Waals surface area contributed by atoms with Crippen molar-refractivity contribution in [2.45, 2.75) is 26.2 Å². The molecule has 0 aliphatic heterocycles. The molecule has 3 rings (SSSR count). The van der Waals surface area contributed by atoms with Gasteiger partial charge in [0, 0.05) is 17.2 Å². The van der Waals surface area contributed by atoms with E-state index in [4.69, 9.17) is 14.4 Å². The fourth-order valence-corrected chi connectivity index (χ4v) is 2.37. The number of hydrogen-bond acceptors (Lipinski definition) is 5. The molecular formula is C21H21N3O5. The maximum Gasteiger partial charge on any atom is 0.335 e. The van der Waals surface area contributed by atoms with Crippen molar-refractivity contribution in [3.8, 4) is 11.5 Å². The van der Waals surface area contributed by atoms with Crippen LogP contribution in [0.5, 0.6) is 11.5 Å². The summed E-state index contributed by atoms with van der Waals surface area (Å²) in [7, 11) is 0. The van der Waals surface area contributed by atoms with Gasteiger partial charge in [0.05, 0.1) is 5.56 Å². The van der Waals surface area contributed by atoms with Crippen LogP contribution in [0.3, 0.4) is 0 Å². The molecule has 8 heteroatoms. The first-order valence-electron chi connectivity index (χ1n) is 8.87. The minimum absolute atomic E-state index is 0.185. The Kier molecular flexibility index (Phi) is 5.54. The summed E-state index contributed by atoms with van der Waals surface area (Å²) in [5.74, 6) is 1.06. The average Bonchev–Trinajstić information content (AvgIpc) is 3.12. The van der Waals surface area contributed by atoms with Gasteiger partial charge in [-0.15, -0.1) is 0 Å². The highest BCUT2D eigenvalue weighted by atomic mass is 16.5. The number of nitrogens with one attached hydrogen (secondary N) is 2. The molecule has 0 saturated heterocycles. The van der Waals surface area contributed by atoms with E-state index in [0.29, 0.717) is 28.8 Å². The lowest BCUT2D eigenvalue weighted by Gasteiger charge is -2.12. The van der Waals surface area contributed by atoms with E-state index in [1.54, 1.807) is 42.5 Å². The molecule has 8 nitrogen and oxygen atoms in total. The molecule has 3 aromatic rings. The van der Waals surface area contributed by atoms with E-state index in [1.807, 2.05) is 20.8 Å². The number of rotatable bonds is 5. The minimum Gasteiger partial charge on any atom is -0.478 e. The predicted molar refractivity (Wildman–Crippen MR) is 108 cm³/mol. The normalized spacial score (nSPS) is 11.0. The van der Waals surface area contributed by atoms with Crippen molar-refractivity contribution < 1.29 is 24.0 Å². The second-order valence-electron chi connectivity index (χ2n) is 7.36. The minimum atomic E-state index is -0.995. The van der Waals surface area contributed by atoms with Gasteiger partial charge < -0.3 is 19.7 Å². The molecule has 2 amide bonds. The van der Waals surface area contributed by atoms with Crippen molar-refractivity contribution in [2.75, 3.05) is 10.6 Å². The number of carboxylic acid groups (broad SMARTS) is 1. The van der Waals surface area contributed by atoms with Gasteiger partial charge in [-0.2, -0.15) is 0 Å². The highest BCUT2D eigenvalue weighted by Crippen LogP contribution is 2.25. The molecule has 150 valence electrons. The second kappa shape index (κ2) is 8.05. The summed E-state index contributed by atoms with van der Waals surface area (Å²) < 4.78 is 10.9. The molecule has 3 N–H and O–H groups in total. The molecule has 2 aromatic carbocycles. The molecule has 0 bridgehead atoms. The third kappa shape index (κ3) is 5.35. The third-order valence-electron chi connectivity index (χ3n) is 3.94. The van der Waals surface area contributed by atoms with Crippen molar-refractivity contribution in [3.05, 3.63) is 65.9 Å². The molecule has 1 heterocycles. The Bertz CT molecular complexity index is 1000. The Balaban J connectivity index is 1.56. The van der Waals surface area contributed by atoms with Gasteiger partial charge in [0.2, 0.25) is 0 Å². The number of aromatic nitrogens is 1. The maximum absolute atomic E-state index is 12.1. The monoisotopic (exact) mass is 395 g/mol. The number of carbonyl (C=O) groups excluding carboxylic acids is 1. The molecule has 0 aliphatic carbocycles. The van der Waals surface area contributed by atoms with E-state index >= 15 is 0 Å². The first-order valence-corrected chi connectivity index (χ1v) is 8.87. The fraction of sp³-hybridized carbons (Fsp3) is 0.190. The topological polar surface area (TPSA) is 114 Å². The smallest absolute Gasteiger partial charge is 0.335 e. The number of ether oxygens (including phenoxy) is 1. The Morgan fingerprint density at radius 1 is 0.966 bits per heavy atom. The number of urea groups is 1. The number of benzene rings is 2. The number of aromatic carboxylic acids is 1. The summed E-state index contributed by atoms with van der Waals surface area (Å²) in [5, 5.41) is 18.1. The van der Waals surface area contributed by atoms with Crippen molar-refractivity contribution in [3.63, 3.8) is 0 Å². The summed E-state index contributed by atoms with van der Waals surface area (Å²) in [6.07, 6.45) is 0. The number of amides is 2. The lowest BCUT2D eigenvalue weighted by Crippen LogP contribution is -2.19. The molecule has 29 heavy (non-hydrogen) atoms. The Morgan fingerprint density at radius 2 is 1.55 bits per heavy atom. The van der Waals surface area contributed by atoms with E-state index in [-0.39, 0.29) is 11.0 Å². The maximum atomic E-state index is 12.1. The molecule has 0 saturated carbocycles. The van der Waals surface area contributed by atoms with E-state index in [0.717, 1.165) is 0 Å². The van der Waals surface area contributed by atoms with Gasteiger partial charge in [-0.25, -0.2) is 9.59 Å². The molecular weight excluding hydrogens is 374 g/mol. The van der Waals surface area contributed by atoms with Crippen LogP contribution in [0, 0.1) is 0 Å². The van der Waals surface area contributed by atoms with Crippen LogP contribution in [0.2, 0.25) is 0 Å². The zero-order chi connectivity index (χ0) is 21.0. The molecule has 0 radical (unpaired) electrons. The molecule has 0 aliphatic rings. The predicted octanol–water partition coefficient (Wildman–Crippen LogP) is 5.11. The first-order chi connectivity index (χ1) is 13.7. The standard InChI is InChI=1S/C21H21N3O5/c1-21(2,3)17-12-18(24-29-17)23-20(27)22-14-6-10-16(11-7-14)28-15-8-4-13(5-9-15)19(25)26/h4-12H,1-3H3,(H,25,26)(H2,22,23,24,27).